The number of benzene rings is 1. The van der Waals surface area contributed by atoms with Gasteiger partial charge < -0.3 is 4.90 Å². The first-order valence-electron chi connectivity index (χ1n) is 6.27. The summed E-state index contributed by atoms with van der Waals surface area (Å²) in [4.78, 5) is 15.1. The zero-order chi connectivity index (χ0) is 14.5. The van der Waals surface area contributed by atoms with Crippen LogP contribution in [0.1, 0.15) is 20.8 Å². The van der Waals surface area contributed by atoms with Crippen LogP contribution in [0.5, 0.6) is 0 Å². The van der Waals surface area contributed by atoms with Crippen molar-refractivity contribution < 1.29 is 4.79 Å². The van der Waals surface area contributed by atoms with Crippen molar-refractivity contribution in [1.82, 2.24) is 4.90 Å². The van der Waals surface area contributed by atoms with Crippen molar-refractivity contribution in [3.8, 4) is 0 Å². The fourth-order valence-electron chi connectivity index (χ4n) is 1.88. The number of nitrogens with zero attached hydrogens (tertiary/aromatic N) is 1. The number of hydrogen-bond acceptors (Lipinski definition) is 2. The highest BCUT2D eigenvalue weighted by molar-refractivity contribution is 9.11. The maximum atomic E-state index is 12.6. The van der Waals surface area contributed by atoms with Crippen molar-refractivity contribution in [2.45, 2.75) is 13.5 Å². The summed E-state index contributed by atoms with van der Waals surface area (Å²) in [6, 6.07) is 11.9. The molecule has 0 spiro atoms. The molecule has 0 radical (unpaired) electrons. The minimum Gasteiger partial charge on any atom is -0.332 e. The second-order valence-corrected chi connectivity index (χ2v) is 7.22. The largest absolute Gasteiger partial charge is 0.332 e. The first-order chi connectivity index (χ1) is 9.61. The number of rotatable bonds is 5. The minimum atomic E-state index is 0.0355. The molecule has 1 amide bonds. The first kappa shape index (κ1) is 15.5. The maximum Gasteiger partial charge on any atom is 0.264 e. The van der Waals surface area contributed by atoms with Crippen LogP contribution in [-0.4, -0.2) is 23.2 Å². The molecule has 0 N–H and O–H groups in total. The van der Waals surface area contributed by atoms with Crippen molar-refractivity contribution in [3.05, 3.63) is 56.2 Å². The van der Waals surface area contributed by atoms with Crippen molar-refractivity contribution in [1.29, 1.82) is 0 Å². The molecular formula is C15H15BrClNOS. The summed E-state index contributed by atoms with van der Waals surface area (Å²) in [6.45, 7) is 3.12. The molecule has 0 saturated heterocycles. The molecule has 0 atom stereocenters. The number of alkyl halides is 1. The van der Waals surface area contributed by atoms with E-state index in [1.54, 1.807) is 4.90 Å². The number of halogens is 2. The molecule has 1 aromatic carbocycles. The third-order valence-corrected chi connectivity index (χ3v) is 5.22. The topological polar surface area (TPSA) is 20.3 Å². The standard InChI is InChI=1S/C15H15BrClNOS/c1-11-9-13(20-14(11)16)15(19)18(8-7-17)10-12-5-3-2-4-6-12/h2-6,9H,7-8,10H2,1H3. The van der Waals surface area contributed by atoms with Gasteiger partial charge >= 0.3 is 0 Å². The highest BCUT2D eigenvalue weighted by Gasteiger charge is 2.18. The summed E-state index contributed by atoms with van der Waals surface area (Å²) in [7, 11) is 0. The smallest absolute Gasteiger partial charge is 0.264 e. The van der Waals surface area contributed by atoms with Crippen LogP contribution in [0.25, 0.3) is 0 Å². The Balaban J connectivity index is 2.17. The number of thiophene rings is 1. The van der Waals surface area contributed by atoms with Crippen LogP contribution in [0.15, 0.2) is 40.2 Å². The van der Waals surface area contributed by atoms with Gasteiger partial charge in [0.05, 0.1) is 8.66 Å². The number of carbonyl (C=O) groups excluding carboxylic acids is 1. The third kappa shape index (κ3) is 3.84. The van der Waals surface area contributed by atoms with Gasteiger partial charge in [-0.2, -0.15) is 0 Å². The van der Waals surface area contributed by atoms with E-state index in [0.717, 1.165) is 19.8 Å². The van der Waals surface area contributed by atoms with Crippen LogP contribution in [0.3, 0.4) is 0 Å². The van der Waals surface area contributed by atoms with Crippen LogP contribution in [0.2, 0.25) is 0 Å². The Morgan fingerprint density at radius 2 is 2.05 bits per heavy atom. The van der Waals surface area contributed by atoms with Crippen molar-refractivity contribution in [2.75, 3.05) is 12.4 Å². The van der Waals surface area contributed by atoms with Crippen LogP contribution in [0, 0.1) is 6.92 Å². The van der Waals surface area contributed by atoms with E-state index in [1.165, 1.54) is 11.3 Å². The molecule has 0 saturated carbocycles. The molecule has 5 heteroatoms. The molecule has 1 heterocycles. The predicted octanol–water partition coefficient (Wildman–Crippen LogP) is 4.70. The van der Waals surface area contributed by atoms with Gasteiger partial charge in [0, 0.05) is 19.0 Å². The van der Waals surface area contributed by atoms with Crippen molar-refractivity contribution in [3.63, 3.8) is 0 Å². The molecule has 20 heavy (non-hydrogen) atoms. The van der Waals surface area contributed by atoms with E-state index in [-0.39, 0.29) is 5.91 Å². The number of amides is 1. The Hall–Kier alpha value is -0.840. The maximum absolute atomic E-state index is 12.6. The monoisotopic (exact) mass is 371 g/mol. The van der Waals surface area contributed by atoms with Gasteiger partial charge in [-0.15, -0.1) is 22.9 Å². The molecular weight excluding hydrogens is 358 g/mol. The molecule has 0 bridgehead atoms. The third-order valence-electron chi connectivity index (χ3n) is 2.93. The lowest BCUT2D eigenvalue weighted by molar-refractivity contribution is 0.0758. The van der Waals surface area contributed by atoms with Gasteiger partial charge in [0.25, 0.3) is 5.91 Å². The van der Waals surface area contributed by atoms with Crippen molar-refractivity contribution in [2.24, 2.45) is 0 Å². The molecule has 0 aliphatic rings. The van der Waals surface area contributed by atoms with E-state index in [0.29, 0.717) is 19.0 Å². The fraction of sp³-hybridized carbons (Fsp3) is 0.267. The summed E-state index contributed by atoms with van der Waals surface area (Å²) < 4.78 is 1.01. The average Bonchev–Trinajstić information content (AvgIpc) is 2.78. The lowest BCUT2D eigenvalue weighted by atomic mass is 10.2. The van der Waals surface area contributed by atoms with Crippen LogP contribution in [-0.2, 0) is 6.54 Å². The second-order valence-electron chi connectivity index (χ2n) is 4.47. The minimum absolute atomic E-state index is 0.0355. The van der Waals surface area contributed by atoms with Gasteiger partial charge in [-0.25, -0.2) is 0 Å². The highest BCUT2D eigenvalue weighted by Crippen LogP contribution is 2.28. The Kier molecular flexibility index (Phi) is 5.64. The number of carbonyl (C=O) groups is 1. The molecule has 0 unspecified atom stereocenters. The Labute approximate surface area is 136 Å². The van der Waals surface area contributed by atoms with Gasteiger partial charge in [0.2, 0.25) is 0 Å². The molecule has 2 aromatic rings. The number of hydrogen-bond donors (Lipinski definition) is 0. The predicted molar refractivity (Wildman–Crippen MR) is 88.7 cm³/mol. The summed E-state index contributed by atoms with van der Waals surface area (Å²) in [5.74, 6) is 0.470. The summed E-state index contributed by atoms with van der Waals surface area (Å²) in [5.41, 5.74) is 2.20. The molecule has 2 nitrogen and oxygen atoms in total. The molecule has 0 fully saturated rings. The van der Waals surface area contributed by atoms with Gasteiger partial charge in [-0.05, 0) is 40.0 Å². The summed E-state index contributed by atoms with van der Waals surface area (Å²) in [6.07, 6.45) is 0. The fourth-order valence-corrected chi connectivity index (χ4v) is 3.59. The molecule has 2 rings (SSSR count). The molecule has 0 aliphatic heterocycles. The highest BCUT2D eigenvalue weighted by atomic mass is 79.9. The van der Waals surface area contributed by atoms with Gasteiger partial charge in [0.1, 0.15) is 0 Å². The van der Waals surface area contributed by atoms with E-state index in [2.05, 4.69) is 15.9 Å². The average molecular weight is 373 g/mol. The van der Waals surface area contributed by atoms with E-state index < -0.39 is 0 Å². The molecule has 0 aliphatic carbocycles. The summed E-state index contributed by atoms with van der Waals surface area (Å²) in [5, 5.41) is 0. The van der Waals surface area contributed by atoms with E-state index in [1.807, 2.05) is 43.3 Å². The first-order valence-corrected chi connectivity index (χ1v) is 8.41. The normalized spacial score (nSPS) is 10.6. The lowest BCUT2D eigenvalue weighted by Crippen LogP contribution is -2.31. The van der Waals surface area contributed by atoms with Gasteiger partial charge in [0.15, 0.2) is 0 Å². The summed E-state index contributed by atoms with van der Waals surface area (Å²) >= 11 is 10.8. The molecule has 106 valence electrons. The second kappa shape index (κ2) is 7.25. The zero-order valence-electron chi connectivity index (χ0n) is 11.1. The van der Waals surface area contributed by atoms with E-state index in [9.17, 15) is 4.79 Å². The van der Waals surface area contributed by atoms with Crippen LogP contribution in [0.4, 0.5) is 0 Å². The lowest BCUT2D eigenvalue weighted by Gasteiger charge is -2.21. The Bertz CT molecular complexity index is 565. The van der Waals surface area contributed by atoms with E-state index >= 15 is 0 Å². The quantitative estimate of drug-likeness (QED) is 0.697. The zero-order valence-corrected chi connectivity index (χ0v) is 14.3. The van der Waals surface area contributed by atoms with Crippen LogP contribution < -0.4 is 0 Å². The van der Waals surface area contributed by atoms with Crippen LogP contribution >= 0.6 is 38.9 Å². The van der Waals surface area contributed by atoms with Crippen molar-refractivity contribution >= 4 is 44.8 Å². The van der Waals surface area contributed by atoms with Gasteiger partial charge in [-0.3, -0.25) is 4.79 Å². The van der Waals surface area contributed by atoms with Gasteiger partial charge in [-0.1, -0.05) is 30.3 Å². The SMILES string of the molecule is Cc1cc(C(=O)N(CCCl)Cc2ccccc2)sc1Br. The Morgan fingerprint density at radius 3 is 2.60 bits per heavy atom. The Morgan fingerprint density at radius 1 is 1.35 bits per heavy atom. The molecule has 1 aromatic heterocycles. The number of aryl methyl sites for hydroxylation is 1. The van der Waals surface area contributed by atoms with E-state index in [4.69, 9.17) is 11.6 Å².